The topological polar surface area (TPSA) is 78.0 Å². The summed E-state index contributed by atoms with van der Waals surface area (Å²) < 4.78 is 0. The Hall–Kier alpha value is -1.36. The maximum Gasteiger partial charge on any atom is 0.231 e. The van der Waals surface area contributed by atoms with Crippen LogP contribution in [-0.2, 0) is 11.2 Å². The van der Waals surface area contributed by atoms with Crippen molar-refractivity contribution in [3.8, 4) is 0 Å². The number of carbonyl (C=O) groups is 1. The standard InChI is InChI=1S/C14H23N3O2/c1-14(2,3)8-9-7-12(17-16-9)15-13(19)10-5-4-6-11(10)18/h7,10-11,18H,4-6,8H2,1-3H3,(H2,15,16,17,19). The Labute approximate surface area is 113 Å². The summed E-state index contributed by atoms with van der Waals surface area (Å²) in [6.45, 7) is 6.46. The molecule has 0 saturated heterocycles. The van der Waals surface area contributed by atoms with Gasteiger partial charge in [-0.25, -0.2) is 0 Å². The molecule has 3 N–H and O–H groups in total. The molecule has 1 amide bonds. The molecule has 1 aliphatic carbocycles. The quantitative estimate of drug-likeness (QED) is 0.783. The van der Waals surface area contributed by atoms with Crippen LogP contribution < -0.4 is 5.32 Å². The average molecular weight is 265 g/mol. The van der Waals surface area contributed by atoms with E-state index in [-0.39, 0.29) is 17.2 Å². The zero-order chi connectivity index (χ0) is 14.0. The first-order valence-corrected chi connectivity index (χ1v) is 6.88. The molecule has 2 unspecified atom stereocenters. The fourth-order valence-electron chi connectivity index (χ4n) is 2.55. The van der Waals surface area contributed by atoms with Gasteiger partial charge in [-0.3, -0.25) is 9.89 Å². The number of hydrogen-bond acceptors (Lipinski definition) is 3. The van der Waals surface area contributed by atoms with Crippen molar-refractivity contribution in [2.75, 3.05) is 5.32 Å². The molecule has 5 nitrogen and oxygen atoms in total. The summed E-state index contributed by atoms with van der Waals surface area (Å²) in [5.74, 6) is 0.130. The minimum atomic E-state index is -0.506. The summed E-state index contributed by atoms with van der Waals surface area (Å²) in [5, 5.41) is 19.5. The lowest BCUT2D eigenvalue weighted by molar-refractivity contribution is -0.122. The van der Waals surface area contributed by atoms with Crippen LogP contribution in [0.1, 0.15) is 45.7 Å². The van der Waals surface area contributed by atoms with Gasteiger partial charge in [-0.1, -0.05) is 20.8 Å². The van der Waals surface area contributed by atoms with Gasteiger partial charge in [0.05, 0.1) is 12.0 Å². The number of aromatic amines is 1. The Morgan fingerprint density at radius 3 is 2.84 bits per heavy atom. The Morgan fingerprint density at radius 2 is 2.26 bits per heavy atom. The van der Waals surface area contributed by atoms with Crippen LogP contribution in [0.15, 0.2) is 6.07 Å². The molecule has 0 spiro atoms. The zero-order valence-corrected chi connectivity index (χ0v) is 11.9. The summed E-state index contributed by atoms with van der Waals surface area (Å²) in [6.07, 6.45) is 2.75. The number of rotatable bonds is 3. The van der Waals surface area contributed by atoms with E-state index in [1.807, 2.05) is 6.07 Å². The predicted octanol–water partition coefficient (Wildman–Crippen LogP) is 2.10. The highest BCUT2D eigenvalue weighted by atomic mass is 16.3. The highest BCUT2D eigenvalue weighted by Crippen LogP contribution is 2.27. The lowest BCUT2D eigenvalue weighted by Gasteiger charge is -2.15. The lowest BCUT2D eigenvalue weighted by Crippen LogP contribution is -2.28. The molecule has 19 heavy (non-hydrogen) atoms. The number of anilines is 1. The summed E-state index contributed by atoms with van der Waals surface area (Å²) in [4.78, 5) is 12.0. The second kappa shape index (κ2) is 5.33. The molecule has 0 aliphatic heterocycles. The lowest BCUT2D eigenvalue weighted by atomic mass is 9.91. The van der Waals surface area contributed by atoms with Crippen LogP contribution >= 0.6 is 0 Å². The van der Waals surface area contributed by atoms with Gasteiger partial charge in [-0.15, -0.1) is 0 Å². The second-order valence-corrected chi connectivity index (χ2v) is 6.61. The number of nitrogens with zero attached hydrogens (tertiary/aromatic N) is 1. The Kier molecular flexibility index (Phi) is 3.94. The van der Waals surface area contributed by atoms with Crippen molar-refractivity contribution in [1.29, 1.82) is 0 Å². The fraction of sp³-hybridized carbons (Fsp3) is 0.714. The molecule has 1 fully saturated rings. The fourth-order valence-corrected chi connectivity index (χ4v) is 2.55. The van der Waals surface area contributed by atoms with Crippen LogP contribution in [0, 0.1) is 11.3 Å². The molecule has 1 heterocycles. The van der Waals surface area contributed by atoms with Crippen molar-refractivity contribution in [3.05, 3.63) is 11.8 Å². The van der Waals surface area contributed by atoms with Gasteiger partial charge in [-0.2, -0.15) is 5.10 Å². The van der Waals surface area contributed by atoms with E-state index in [0.717, 1.165) is 25.0 Å². The molecule has 1 aromatic heterocycles. The van der Waals surface area contributed by atoms with E-state index >= 15 is 0 Å². The van der Waals surface area contributed by atoms with E-state index in [9.17, 15) is 9.90 Å². The number of hydrogen-bond donors (Lipinski definition) is 3. The minimum Gasteiger partial charge on any atom is -0.392 e. The van der Waals surface area contributed by atoms with Crippen LogP contribution in [0.4, 0.5) is 5.82 Å². The third kappa shape index (κ3) is 3.80. The maximum atomic E-state index is 12.0. The summed E-state index contributed by atoms with van der Waals surface area (Å²) >= 11 is 0. The molecule has 5 heteroatoms. The summed E-state index contributed by atoms with van der Waals surface area (Å²) in [6, 6.07) is 1.87. The summed E-state index contributed by atoms with van der Waals surface area (Å²) in [5.41, 5.74) is 1.19. The van der Waals surface area contributed by atoms with Crippen LogP contribution in [0.3, 0.4) is 0 Å². The van der Waals surface area contributed by atoms with Crippen LogP contribution in [0.25, 0.3) is 0 Å². The average Bonchev–Trinajstić information content (AvgIpc) is 2.85. The van der Waals surface area contributed by atoms with Crippen molar-refractivity contribution >= 4 is 11.7 Å². The number of carbonyl (C=O) groups excluding carboxylic acids is 1. The van der Waals surface area contributed by atoms with Gasteiger partial charge in [0.25, 0.3) is 0 Å². The van der Waals surface area contributed by atoms with Crippen molar-refractivity contribution in [2.45, 2.75) is 52.6 Å². The third-order valence-electron chi connectivity index (χ3n) is 3.42. The monoisotopic (exact) mass is 265 g/mol. The number of H-pyrrole nitrogens is 1. The van der Waals surface area contributed by atoms with Crippen molar-refractivity contribution in [2.24, 2.45) is 11.3 Å². The number of aliphatic hydroxyl groups is 1. The van der Waals surface area contributed by atoms with E-state index in [4.69, 9.17) is 0 Å². The van der Waals surface area contributed by atoms with Crippen LogP contribution in [-0.4, -0.2) is 27.3 Å². The van der Waals surface area contributed by atoms with E-state index in [1.165, 1.54) is 0 Å². The number of nitrogens with one attached hydrogen (secondary N) is 2. The molecular formula is C14H23N3O2. The van der Waals surface area contributed by atoms with Gasteiger partial charge in [0, 0.05) is 11.8 Å². The first kappa shape index (κ1) is 14.1. The van der Waals surface area contributed by atoms with Crippen LogP contribution in [0.5, 0.6) is 0 Å². The molecule has 0 radical (unpaired) electrons. The molecule has 0 bridgehead atoms. The van der Waals surface area contributed by atoms with Crippen molar-refractivity contribution in [1.82, 2.24) is 10.2 Å². The van der Waals surface area contributed by atoms with Gasteiger partial charge in [0.2, 0.25) is 5.91 Å². The normalized spacial score (nSPS) is 23.6. The highest BCUT2D eigenvalue weighted by Gasteiger charge is 2.31. The molecule has 106 valence electrons. The maximum absolute atomic E-state index is 12.0. The number of aliphatic hydroxyl groups excluding tert-OH is 1. The van der Waals surface area contributed by atoms with Crippen LogP contribution in [0.2, 0.25) is 0 Å². The van der Waals surface area contributed by atoms with Gasteiger partial charge in [0.1, 0.15) is 0 Å². The number of aromatic nitrogens is 2. The molecule has 1 aromatic rings. The zero-order valence-electron chi connectivity index (χ0n) is 11.9. The molecule has 1 aliphatic rings. The SMILES string of the molecule is CC(C)(C)Cc1cc(NC(=O)C2CCCC2O)n[nH]1. The second-order valence-electron chi connectivity index (χ2n) is 6.61. The predicted molar refractivity (Wildman–Crippen MR) is 73.7 cm³/mol. The largest absolute Gasteiger partial charge is 0.392 e. The van der Waals surface area contributed by atoms with Gasteiger partial charge in [0.15, 0.2) is 5.82 Å². The Bertz CT molecular complexity index is 448. The van der Waals surface area contributed by atoms with E-state index in [2.05, 4.69) is 36.3 Å². The van der Waals surface area contributed by atoms with Crippen molar-refractivity contribution < 1.29 is 9.90 Å². The number of amides is 1. The molecule has 0 aromatic carbocycles. The first-order valence-electron chi connectivity index (χ1n) is 6.88. The van der Waals surface area contributed by atoms with Crippen molar-refractivity contribution in [3.63, 3.8) is 0 Å². The van der Waals surface area contributed by atoms with E-state index < -0.39 is 6.10 Å². The summed E-state index contributed by atoms with van der Waals surface area (Å²) in [7, 11) is 0. The molecule has 1 saturated carbocycles. The minimum absolute atomic E-state index is 0.126. The molecule has 2 rings (SSSR count). The molecular weight excluding hydrogens is 242 g/mol. The smallest absolute Gasteiger partial charge is 0.231 e. The Morgan fingerprint density at radius 1 is 1.53 bits per heavy atom. The van der Waals surface area contributed by atoms with Gasteiger partial charge >= 0.3 is 0 Å². The first-order chi connectivity index (χ1) is 8.85. The highest BCUT2D eigenvalue weighted by molar-refractivity contribution is 5.92. The van der Waals surface area contributed by atoms with Gasteiger partial charge < -0.3 is 10.4 Å². The van der Waals surface area contributed by atoms with E-state index in [0.29, 0.717) is 12.2 Å². The van der Waals surface area contributed by atoms with Gasteiger partial charge in [-0.05, 0) is 31.1 Å². The third-order valence-corrected chi connectivity index (χ3v) is 3.42. The molecule has 2 atom stereocenters. The van der Waals surface area contributed by atoms with E-state index in [1.54, 1.807) is 0 Å². The Balaban J connectivity index is 1.94.